The number of anilines is 1. The highest BCUT2D eigenvalue weighted by Gasteiger charge is 2.23. The van der Waals surface area contributed by atoms with Gasteiger partial charge in [0.05, 0.1) is 10.7 Å². The zero-order valence-electron chi connectivity index (χ0n) is 12.5. The van der Waals surface area contributed by atoms with Gasteiger partial charge in [-0.1, -0.05) is 35.9 Å². The summed E-state index contributed by atoms with van der Waals surface area (Å²) in [5.41, 5.74) is -0.924. The van der Waals surface area contributed by atoms with E-state index in [2.05, 4.69) is 19.7 Å². The number of nitrogens with two attached hydrogens (primary N) is 1. The third-order valence-corrected chi connectivity index (χ3v) is 4.10. The molecule has 0 fully saturated rings. The van der Waals surface area contributed by atoms with Gasteiger partial charge in [0.1, 0.15) is 11.5 Å². The number of halogens is 2. The van der Waals surface area contributed by atoms with Crippen molar-refractivity contribution in [3.63, 3.8) is 0 Å². The molecule has 25 heavy (non-hydrogen) atoms. The highest BCUT2D eigenvalue weighted by Crippen LogP contribution is 2.23. The number of benzene rings is 2. The van der Waals surface area contributed by atoms with Gasteiger partial charge in [0.25, 0.3) is 0 Å². The van der Waals surface area contributed by atoms with E-state index in [0.717, 1.165) is 6.07 Å². The Kier molecular flexibility index (Phi) is 4.63. The van der Waals surface area contributed by atoms with Crippen LogP contribution in [-0.2, 0) is 0 Å². The summed E-state index contributed by atoms with van der Waals surface area (Å²) in [7, 11) is 2.28. The first kappa shape index (κ1) is 17.2. The van der Waals surface area contributed by atoms with E-state index in [1.807, 2.05) is 0 Å². The molecule has 3 aromatic rings. The molecular weight excluding hydrogens is 370 g/mol. The van der Waals surface area contributed by atoms with Crippen molar-refractivity contribution in [2.75, 3.05) is 5.01 Å². The molecule has 0 bridgehead atoms. The van der Waals surface area contributed by atoms with Crippen LogP contribution in [0.1, 0.15) is 0 Å². The molecule has 0 aliphatic rings. The zero-order chi connectivity index (χ0) is 18.1. The number of carbonyl (C=O) groups excluding carboxylic acids is 1. The first-order valence-corrected chi connectivity index (χ1v) is 7.80. The summed E-state index contributed by atoms with van der Waals surface area (Å²) in [6, 6.07) is 9.51. The third-order valence-electron chi connectivity index (χ3n) is 3.31. The fourth-order valence-electron chi connectivity index (χ4n) is 2.11. The van der Waals surface area contributed by atoms with E-state index in [0.29, 0.717) is 19.7 Å². The standard InChI is InChI=1S/C14H11ClFN6O2P/c15-8-4-1-2-6-10(8)20(17)13(23)22-14(24)21(18-19-22)12-9(16)5-3-7-11(12)25/h1-7H,17,25H2. The highest BCUT2D eigenvalue weighted by molar-refractivity contribution is 7.27. The summed E-state index contributed by atoms with van der Waals surface area (Å²) in [4.78, 5) is 24.8. The van der Waals surface area contributed by atoms with Gasteiger partial charge in [-0.25, -0.2) is 24.8 Å². The summed E-state index contributed by atoms with van der Waals surface area (Å²) in [6.45, 7) is 0. The lowest BCUT2D eigenvalue weighted by molar-refractivity contribution is 0.244. The van der Waals surface area contributed by atoms with Gasteiger partial charge in [-0.05, 0) is 33.9 Å². The van der Waals surface area contributed by atoms with Gasteiger partial charge in [0, 0.05) is 0 Å². The largest absolute Gasteiger partial charge is 0.377 e. The van der Waals surface area contributed by atoms with Crippen molar-refractivity contribution in [2.24, 2.45) is 5.84 Å². The summed E-state index contributed by atoms with van der Waals surface area (Å²) < 4.78 is 15.1. The molecule has 2 N–H and O–H groups in total. The lowest BCUT2D eigenvalue weighted by Gasteiger charge is -2.16. The van der Waals surface area contributed by atoms with Crippen LogP contribution in [0.2, 0.25) is 5.02 Å². The van der Waals surface area contributed by atoms with Crippen molar-refractivity contribution < 1.29 is 9.18 Å². The number of amides is 1. The minimum Gasteiger partial charge on any atom is -0.244 e. The van der Waals surface area contributed by atoms with E-state index in [1.165, 1.54) is 18.2 Å². The average molecular weight is 381 g/mol. The number of hydrogen-bond donors (Lipinski definition) is 1. The van der Waals surface area contributed by atoms with E-state index in [-0.39, 0.29) is 16.4 Å². The van der Waals surface area contributed by atoms with E-state index >= 15 is 0 Å². The normalized spacial score (nSPS) is 10.7. The van der Waals surface area contributed by atoms with Gasteiger partial charge < -0.3 is 0 Å². The number of tetrazole rings is 1. The average Bonchev–Trinajstić information content (AvgIpc) is 2.95. The molecular formula is C14H11ClFN6O2P. The van der Waals surface area contributed by atoms with E-state index in [1.54, 1.807) is 18.2 Å². The first-order valence-electron chi connectivity index (χ1n) is 6.85. The molecule has 11 heteroatoms. The molecule has 3 rings (SSSR count). The van der Waals surface area contributed by atoms with Crippen LogP contribution in [0.15, 0.2) is 47.3 Å². The summed E-state index contributed by atoms with van der Waals surface area (Å²) in [6.07, 6.45) is 0. The van der Waals surface area contributed by atoms with Gasteiger partial charge in [0.2, 0.25) is 0 Å². The maximum atomic E-state index is 14.0. The SMILES string of the molecule is NN(C(=O)n1nnn(-c2c(F)cccc2P)c1=O)c1ccccc1Cl. The molecule has 0 aliphatic carbocycles. The monoisotopic (exact) mass is 380 g/mol. The fraction of sp³-hybridized carbons (Fsp3) is 0. The van der Waals surface area contributed by atoms with Gasteiger partial charge in [0.15, 0.2) is 0 Å². The van der Waals surface area contributed by atoms with Gasteiger partial charge in [-0.2, -0.15) is 4.68 Å². The Morgan fingerprint density at radius 3 is 2.60 bits per heavy atom. The topological polar surface area (TPSA) is 99.0 Å². The second kappa shape index (κ2) is 6.72. The minimum absolute atomic E-state index is 0.127. The number of hydrazine groups is 1. The smallest absolute Gasteiger partial charge is 0.244 e. The van der Waals surface area contributed by atoms with Crippen LogP contribution >= 0.6 is 20.8 Å². The maximum Gasteiger partial charge on any atom is 0.377 e. The Balaban J connectivity index is 2.03. The van der Waals surface area contributed by atoms with Crippen molar-refractivity contribution in [3.05, 3.63) is 63.8 Å². The second-order valence-electron chi connectivity index (χ2n) is 4.87. The number of para-hydroxylation sites is 2. The Labute approximate surface area is 147 Å². The van der Waals surface area contributed by atoms with E-state index in [9.17, 15) is 14.0 Å². The van der Waals surface area contributed by atoms with Crippen LogP contribution < -0.4 is 21.8 Å². The third kappa shape index (κ3) is 3.05. The van der Waals surface area contributed by atoms with Crippen molar-refractivity contribution >= 4 is 37.9 Å². The molecule has 1 aromatic heterocycles. The molecule has 1 atom stereocenters. The number of carbonyl (C=O) groups is 1. The fourth-order valence-corrected chi connectivity index (χ4v) is 2.71. The summed E-state index contributed by atoms with van der Waals surface area (Å²) >= 11 is 5.98. The van der Waals surface area contributed by atoms with Crippen molar-refractivity contribution in [3.8, 4) is 5.69 Å². The van der Waals surface area contributed by atoms with Crippen molar-refractivity contribution in [1.29, 1.82) is 0 Å². The van der Waals surface area contributed by atoms with Gasteiger partial charge in [-0.15, -0.1) is 13.9 Å². The van der Waals surface area contributed by atoms with E-state index < -0.39 is 17.5 Å². The molecule has 0 saturated carbocycles. The molecule has 128 valence electrons. The van der Waals surface area contributed by atoms with Crippen LogP contribution in [0.3, 0.4) is 0 Å². The second-order valence-corrected chi connectivity index (χ2v) is 5.90. The van der Waals surface area contributed by atoms with Crippen LogP contribution in [0.25, 0.3) is 5.69 Å². The molecule has 0 saturated heterocycles. The Hall–Kier alpha value is -2.61. The molecule has 0 aliphatic heterocycles. The molecule has 1 amide bonds. The van der Waals surface area contributed by atoms with E-state index in [4.69, 9.17) is 17.4 Å². The Bertz CT molecular complexity index is 1000. The van der Waals surface area contributed by atoms with Gasteiger partial charge in [-0.3, -0.25) is 0 Å². The lowest BCUT2D eigenvalue weighted by Crippen LogP contribution is -2.45. The summed E-state index contributed by atoms with van der Waals surface area (Å²) in [5.74, 6) is 5.04. The van der Waals surface area contributed by atoms with Crippen molar-refractivity contribution in [2.45, 2.75) is 0 Å². The molecule has 0 spiro atoms. The molecule has 2 aromatic carbocycles. The number of hydrogen-bond acceptors (Lipinski definition) is 5. The Morgan fingerprint density at radius 2 is 1.92 bits per heavy atom. The Morgan fingerprint density at radius 1 is 1.20 bits per heavy atom. The molecule has 1 heterocycles. The number of nitrogens with zero attached hydrogens (tertiary/aromatic N) is 5. The predicted molar refractivity (Wildman–Crippen MR) is 93.8 cm³/mol. The van der Waals surface area contributed by atoms with Crippen LogP contribution in [0, 0.1) is 5.82 Å². The lowest BCUT2D eigenvalue weighted by atomic mass is 10.3. The van der Waals surface area contributed by atoms with Crippen LogP contribution in [-0.4, -0.2) is 25.8 Å². The molecule has 1 unspecified atom stereocenters. The predicted octanol–water partition coefficient (Wildman–Crippen LogP) is 1.07. The highest BCUT2D eigenvalue weighted by atomic mass is 35.5. The van der Waals surface area contributed by atoms with Crippen LogP contribution in [0.5, 0.6) is 0 Å². The number of rotatable bonds is 2. The zero-order valence-corrected chi connectivity index (χ0v) is 14.4. The van der Waals surface area contributed by atoms with Crippen molar-refractivity contribution in [1.82, 2.24) is 19.8 Å². The molecule has 8 nitrogen and oxygen atoms in total. The first-order chi connectivity index (χ1) is 11.9. The number of aromatic nitrogens is 4. The maximum absolute atomic E-state index is 14.0. The molecule has 0 radical (unpaired) electrons. The van der Waals surface area contributed by atoms with Crippen LogP contribution in [0.4, 0.5) is 14.9 Å². The quantitative estimate of drug-likeness (QED) is 0.236. The summed E-state index contributed by atoms with van der Waals surface area (Å²) in [5, 5.41) is 8.27. The minimum atomic E-state index is -0.994. The van der Waals surface area contributed by atoms with Gasteiger partial charge >= 0.3 is 11.7 Å².